The molecule has 1 aromatic carbocycles. The second-order valence-electron chi connectivity index (χ2n) is 5.16. The molecule has 0 spiro atoms. The van der Waals surface area contributed by atoms with E-state index in [1.54, 1.807) is 17.4 Å². The molecule has 21 heavy (non-hydrogen) atoms. The number of anilines is 2. The molecular formula is C15H20N4OS. The fraction of sp³-hybridized carbons (Fsp3) is 0.333. The van der Waals surface area contributed by atoms with Crippen molar-refractivity contribution in [1.29, 1.82) is 0 Å². The first kappa shape index (κ1) is 15.5. The third-order valence-electron chi connectivity index (χ3n) is 3.21. The number of nitrogens with two attached hydrogens (primary N) is 1. The number of carbonyl (C=O) groups is 1. The summed E-state index contributed by atoms with van der Waals surface area (Å²) >= 11 is 1.61. The number of benzene rings is 1. The molecule has 2 aromatic rings. The van der Waals surface area contributed by atoms with Crippen LogP contribution in [-0.2, 0) is 11.3 Å². The summed E-state index contributed by atoms with van der Waals surface area (Å²) in [6.07, 6.45) is 0. The second-order valence-corrected chi connectivity index (χ2v) is 6.10. The Hall–Kier alpha value is -1.92. The van der Waals surface area contributed by atoms with E-state index in [2.05, 4.69) is 10.3 Å². The summed E-state index contributed by atoms with van der Waals surface area (Å²) in [7, 11) is 1.92. The van der Waals surface area contributed by atoms with Crippen molar-refractivity contribution in [2.24, 2.45) is 0 Å². The lowest BCUT2D eigenvalue weighted by Gasteiger charge is -2.16. The molecule has 0 aliphatic carbocycles. The van der Waals surface area contributed by atoms with Crippen molar-refractivity contribution in [2.45, 2.75) is 20.4 Å². The SMILES string of the molecule is Cc1ccc(N)cc1NC(=O)CN(C)Cc1scnc1C. The molecule has 2 rings (SSSR count). The van der Waals surface area contributed by atoms with Crippen LogP contribution in [0.1, 0.15) is 16.1 Å². The molecule has 0 saturated carbocycles. The average Bonchev–Trinajstić information content (AvgIpc) is 2.79. The highest BCUT2D eigenvalue weighted by molar-refractivity contribution is 7.09. The van der Waals surface area contributed by atoms with E-state index < -0.39 is 0 Å². The molecule has 0 saturated heterocycles. The van der Waals surface area contributed by atoms with E-state index in [1.165, 1.54) is 4.88 Å². The first-order chi connectivity index (χ1) is 9.95. The lowest BCUT2D eigenvalue weighted by atomic mass is 10.2. The van der Waals surface area contributed by atoms with Crippen LogP contribution in [0, 0.1) is 13.8 Å². The maximum absolute atomic E-state index is 12.1. The highest BCUT2D eigenvalue weighted by atomic mass is 32.1. The molecule has 0 unspecified atom stereocenters. The normalized spacial score (nSPS) is 10.9. The highest BCUT2D eigenvalue weighted by Crippen LogP contribution is 2.18. The van der Waals surface area contributed by atoms with Crippen molar-refractivity contribution in [2.75, 3.05) is 24.6 Å². The first-order valence-corrected chi connectivity index (χ1v) is 7.57. The van der Waals surface area contributed by atoms with E-state index in [0.29, 0.717) is 12.2 Å². The van der Waals surface area contributed by atoms with Crippen molar-refractivity contribution in [3.8, 4) is 0 Å². The molecule has 0 bridgehead atoms. The molecule has 112 valence electrons. The Kier molecular flexibility index (Phi) is 4.93. The van der Waals surface area contributed by atoms with Crippen LogP contribution < -0.4 is 11.1 Å². The molecule has 6 heteroatoms. The van der Waals surface area contributed by atoms with Gasteiger partial charge in [-0.1, -0.05) is 6.07 Å². The minimum absolute atomic E-state index is 0.0478. The summed E-state index contributed by atoms with van der Waals surface area (Å²) in [6, 6.07) is 5.50. The van der Waals surface area contributed by atoms with Gasteiger partial charge in [0.25, 0.3) is 0 Å². The summed E-state index contributed by atoms with van der Waals surface area (Å²) < 4.78 is 0. The number of amides is 1. The summed E-state index contributed by atoms with van der Waals surface area (Å²) in [6.45, 7) is 4.97. The van der Waals surface area contributed by atoms with Crippen LogP contribution in [-0.4, -0.2) is 29.4 Å². The van der Waals surface area contributed by atoms with E-state index in [-0.39, 0.29) is 5.91 Å². The van der Waals surface area contributed by atoms with Crippen molar-refractivity contribution in [1.82, 2.24) is 9.88 Å². The third-order valence-corrected chi connectivity index (χ3v) is 4.13. The van der Waals surface area contributed by atoms with E-state index in [9.17, 15) is 4.79 Å². The van der Waals surface area contributed by atoms with Gasteiger partial charge in [-0.3, -0.25) is 9.69 Å². The number of likely N-dealkylation sites (N-methyl/N-ethyl adjacent to an activating group) is 1. The Morgan fingerprint density at radius 3 is 2.86 bits per heavy atom. The molecular weight excluding hydrogens is 284 g/mol. The number of thiazole rings is 1. The lowest BCUT2D eigenvalue weighted by Crippen LogP contribution is -2.30. The van der Waals surface area contributed by atoms with Crippen LogP contribution in [0.4, 0.5) is 11.4 Å². The molecule has 5 nitrogen and oxygen atoms in total. The fourth-order valence-corrected chi connectivity index (χ4v) is 2.84. The largest absolute Gasteiger partial charge is 0.399 e. The fourth-order valence-electron chi connectivity index (χ4n) is 1.99. The highest BCUT2D eigenvalue weighted by Gasteiger charge is 2.11. The number of nitrogen functional groups attached to an aromatic ring is 1. The summed E-state index contributed by atoms with van der Waals surface area (Å²) in [5.41, 5.74) is 11.0. The predicted molar refractivity (Wildman–Crippen MR) is 87.4 cm³/mol. The molecule has 1 heterocycles. The zero-order chi connectivity index (χ0) is 15.4. The van der Waals surface area contributed by atoms with Crippen molar-refractivity contribution >= 4 is 28.6 Å². The van der Waals surface area contributed by atoms with E-state index in [0.717, 1.165) is 23.5 Å². The summed E-state index contributed by atoms with van der Waals surface area (Å²) in [5.74, 6) is -0.0478. The Bertz CT molecular complexity index is 638. The Balaban J connectivity index is 1.92. The molecule has 0 radical (unpaired) electrons. The van der Waals surface area contributed by atoms with Gasteiger partial charge in [0.2, 0.25) is 5.91 Å². The van der Waals surface area contributed by atoms with Crippen molar-refractivity contribution < 1.29 is 4.79 Å². The van der Waals surface area contributed by atoms with Crippen LogP contribution in [0.3, 0.4) is 0 Å². The molecule has 1 amide bonds. The van der Waals surface area contributed by atoms with Gasteiger partial charge < -0.3 is 11.1 Å². The molecule has 1 aromatic heterocycles. The van der Waals surface area contributed by atoms with Crippen LogP contribution >= 0.6 is 11.3 Å². The Morgan fingerprint density at radius 2 is 2.19 bits per heavy atom. The van der Waals surface area contributed by atoms with E-state index >= 15 is 0 Å². The molecule has 3 N–H and O–H groups in total. The number of rotatable bonds is 5. The predicted octanol–water partition coefficient (Wildman–Crippen LogP) is 2.41. The van der Waals surface area contributed by atoms with E-state index in [4.69, 9.17) is 5.73 Å². The smallest absolute Gasteiger partial charge is 0.238 e. The minimum Gasteiger partial charge on any atom is -0.399 e. The van der Waals surface area contributed by atoms with E-state index in [1.807, 2.05) is 43.4 Å². The van der Waals surface area contributed by atoms with Gasteiger partial charge in [0, 0.05) is 22.8 Å². The Labute approximate surface area is 128 Å². The zero-order valence-electron chi connectivity index (χ0n) is 12.5. The van der Waals surface area contributed by atoms with Crippen LogP contribution in [0.25, 0.3) is 0 Å². The van der Waals surface area contributed by atoms with Crippen LogP contribution in [0.5, 0.6) is 0 Å². The van der Waals surface area contributed by atoms with Gasteiger partial charge in [0.15, 0.2) is 0 Å². The van der Waals surface area contributed by atoms with Gasteiger partial charge in [-0.15, -0.1) is 11.3 Å². The molecule has 0 aliphatic heterocycles. The number of carbonyl (C=O) groups excluding carboxylic acids is 1. The maximum Gasteiger partial charge on any atom is 0.238 e. The standard InChI is InChI=1S/C15H20N4OS/c1-10-4-5-12(16)6-13(10)18-15(20)8-19(3)7-14-11(2)17-9-21-14/h4-6,9H,7-8,16H2,1-3H3,(H,18,20). The van der Waals surface area contributed by atoms with Gasteiger partial charge in [-0.05, 0) is 38.6 Å². The van der Waals surface area contributed by atoms with Crippen molar-refractivity contribution in [3.05, 3.63) is 39.8 Å². The van der Waals surface area contributed by atoms with Gasteiger partial charge in [-0.2, -0.15) is 0 Å². The number of nitrogens with one attached hydrogen (secondary N) is 1. The average molecular weight is 304 g/mol. The number of aromatic nitrogens is 1. The van der Waals surface area contributed by atoms with Crippen LogP contribution in [0.2, 0.25) is 0 Å². The molecule has 0 aliphatic rings. The topological polar surface area (TPSA) is 71.2 Å². The zero-order valence-corrected chi connectivity index (χ0v) is 13.3. The quantitative estimate of drug-likeness (QED) is 0.832. The van der Waals surface area contributed by atoms with Gasteiger partial charge in [-0.25, -0.2) is 4.98 Å². The number of nitrogens with zero attached hydrogens (tertiary/aromatic N) is 2. The summed E-state index contributed by atoms with van der Waals surface area (Å²) in [5, 5.41) is 2.90. The summed E-state index contributed by atoms with van der Waals surface area (Å²) in [4.78, 5) is 19.5. The Morgan fingerprint density at radius 1 is 1.43 bits per heavy atom. The molecule has 0 fully saturated rings. The molecule has 0 atom stereocenters. The third kappa shape index (κ3) is 4.27. The second kappa shape index (κ2) is 6.69. The number of hydrogen-bond acceptors (Lipinski definition) is 5. The first-order valence-electron chi connectivity index (χ1n) is 6.69. The van der Waals surface area contributed by atoms with Crippen LogP contribution in [0.15, 0.2) is 23.7 Å². The number of aryl methyl sites for hydroxylation is 2. The van der Waals surface area contributed by atoms with Gasteiger partial charge in [0.1, 0.15) is 0 Å². The van der Waals surface area contributed by atoms with Crippen molar-refractivity contribution in [3.63, 3.8) is 0 Å². The van der Waals surface area contributed by atoms with Gasteiger partial charge >= 0.3 is 0 Å². The minimum atomic E-state index is -0.0478. The maximum atomic E-state index is 12.1. The number of hydrogen-bond donors (Lipinski definition) is 2. The monoisotopic (exact) mass is 304 g/mol. The van der Waals surface area contributed by atoms with Gasteiger partial charge in [0.05, 0.1) is 17.7 Å². The lowest BCUT2D eigenvalue weighted by molar-refractivity contribution is -0.117.